The molecule has 0 spiro atoms. The number of hydrogen-bond acceptors (Lipinski definition) is 9. The molecule has 0 aromatic carbocycles. The quantitative estimate of drug-likeness (QED) is 0.184. The van der Waals surface area contributed by atoms with Gasteiger partial charge in [-0.05, 0) is 66.5 Å². The molecule has 12 atom stereocenters. The lowest BCUT2D eigenvalue weighted by molar-refractivity contribution is -0.274. The van der Waals surface area contributed by atoms with Gasteiger partial charge in [-0.3, -0.25) is 0 Å². The van der Waals surface area contributed by atoms with Crippen LogP contribution in [0.4, 0.5) is 0 Å². The van der Waals surface area contributed by atoms with Crippen molar-refractivity contribution in [3.8, 4) is 0 Å². The fraction of sp³-hybridized carbons (Fsp3) is 1.00. The van der Waals surface area contributed by atoms with Crippen LogP contribution in [-0.2, 0) is 14.2 Å². The fourth-order valence-electron chi connectivity index (χ4n) is 5.92. The van der Waals surface area contributed by atoms with Gasteiger partial charge in [-0.1, -0.05) is 41.5 Å². The summed E-state index contributed by atoms with van der Waals surface area (Å²) >= 11 is 0. The molecule has 1 saturated heterocycles. The Hall–Kier alpha value is -0.360. The summed E-state index contributed by atoms with van der Waals surface area (Å²) in [5.41, 5.74) is -2.83. The van der Waals surface area contributed by atoms with Gasteiger partial charge in [-0.2, -0.15) is 0 Å². The van der Waals surface area contributed by atoms with Crippen LogP contribution in [0.3, 0.4) is 0 Å². The van der Waals surface area contributed by atoms with Gasteiger partial charge in [-0.25, -0.2) is 0 Å². The first kappa shape index (κ1) is 35.7. The van der Waals surface area contributed by atoms with Gasteiger partial charge in [-0.15, -0.1) is 0 Å². The molecule has 0 aromatic rings. The van der Waals surface area contributed by atoms with E-state index >= 15 is 0 Å². The number of aliphatic hydroxyl groups excluding tert-OH is 3. The molecule has 0 saturated carbocycles. The van der Waals surface area contributed by atoms with Crippen molar-refractivity contribution in [3.63, 3.8) is 0 Å². The Kier molecular flexibility index (Phi) is 14.1. The van der Waals surface area contributed by atoms with Crippen LogP contribution in [-0.4, -0.2) is 105 Å². The second-order valence-corrected chi connectivity index (χ2v) is 12.8. The number of rotatable bonds is 16. The minimum Gasteiger partial charge on any atom is -0.392 e. The number of nitrogens with zero attached hydrogens (tertiary/aromatic N) is 1. The van der Waals surface area contributed by atoms with E-state index in [2.05, 4.69) is 4.90 Å². The first-order chi connectivity index (χ1) is 17.4. The molecule has 1 fully saturated rings. The average Bonchev–Trinajstić information content (AvgIpc) is 2.82. The summed E-state index contributed by atoms with van der Waals surface area (Å²) in [7, 11) is 4.06. The lowest BCUT2D eigenvalue weighted by Gasteiger charge is -2.45. The van der Waals surface area contributed by atoms with Crippen molar-refractivity contribution in [2.75, 3.05) is 14.1 Å². The summed E-state index contributed by atoms with van der Waals surface area (Å²) in [6.07, 6.45) is -3.03. The summed E-state index contributed by atoms with van der Waals surface area (Å²) in [6.45, 7) is 16.3. The maximum absolute atomic E-state index is 11.6. The van der Waals surface area contributed by atoms with Crippen molar-refractivity contribution < 1.29 is 39.7 Å². The van der Waals surface area contributed by atoms with Gasteiger partial charge >= 0.3 is 0 Å². The molecule has 1 aliphatic heterocycles. The normalized spacial score (nSPS) is 29.7. The highest BCUT2D eigenvalue weighted by atomic mass is 16.7. The minimum absolute atomic E-state index is 0.0107. The largest absolute Gasteiger partial charge is 0.392 e. The first-order valence-electron chi connectivity index (χ1n) is 14.5. The van der Waals surface area contributed by atoms with Crippen LogP contribution in [0.15, 0.2) is 0 Å². The maximum atomic E-state index is 11.6. The van der Waals surface area contributed by atoms with Crippen LogP contribution in [0.1, 0.15) is 94.4 Å². The van der Waals surface area contributed by atoms with Crippen LogP contribution >= 0.6 is 0 Å². The third-order valence-corrected chi connectivity index (χ3v) is 8.31. The van der Waals surface area contributed by atoms with Crippen molar-refractivity contribution in [2.45, 2.75) is 155 Å². The Labute approximate surface area is 231 Å². The predicted molar refractivity (Wildman–Crippen MR) is 148 cm³/mol. The Bertz CT molecular complexity index is 673. The molecule has 5 N–H and O–H groups in total. The zero-order valence-electron chi connectivity index (χ0n) is 25.8. The van der Waals surface area contributed by atoms with E-state index < -0.39 is 60.0 Å². The molecular weight excluding hydrogens is 490 g/mol. The smallest absolute Gasteiger partial charge is 0.160 e. The molecule has 0 bridgehead atoms. The van der Waals surface area contributed by atoms with Gasteiger partial charge in [0.25, 0.3) is 0 Å². The molecule has 9 nitrogen and oxygen atoms in total. The zero-order chi connectivity index (χ0) is 29.6. The van der Waals surface area contributed by atoms with Crippen molar-refractivity contribution in [1.29, 1.82) is 0 Å². The number of hydrogen-bond donors (Lipinski definition) is 5. The summed E-state index contributed by atoms with van der Waals surface area (Å²) in [6, 6.07) is 0.270. The molecule has 228 valence electrons. The molecule has 0 radical (unpaired) electrons. The summed E-state index contributed by atoms with van der Waals surface area (Å²) < 4.78 is 18.4. The van der Waals surface area contributed by atoms with E-state index in [1.807, 2.05) is 34.9 Å². The summed E-state index contributed by atoms with van der Waals surface area (Å²) in [5, 5.41) is 55.0. The third kappa shape index (κ3) is 9.63. The summed E-state index contributed by atoms with van der Waals surface area (Å²) in [4.78, 5) is 2.15. The highest BCUT2D eigenvalue weighted by Gasteiger charge is 2.46. The van der Waals surface area contributed by atoms with Gasteiger partial charge in [0.15, 0.2) is 12.6 Å². The molecule has 1 aliphatic rings. The predicted octanol–water partition coefficient (Wildman–Crippen LogP) is 2.89. The van der Waals surface area contributed by atoms with Crippen LogP contribution in [0.2, 0.25) is 0 Å². The topological polar surface area (TPSA) is 132 Å². The first-order valence-corrected chi connectivity index (χ1v) is 14.5. The van der Waals surface area contributed by atoms with Crippen LogP contribution < -0.4 is 0 Å². The Balaban J connectivity index is 3.14. The van der Waals surface area contributed by atoms with Crippen molar-refractivity contribution in [3.05, 3.63) is 0 Å². The summed E-state index contributed by atoms with van der Waals surface area (Å²) in [5.74, 6) is -1.17. The van der Waals surface area contributed by atoms with Gasteiger partial charge in [0.05, 0.1) is 36.1 Å². The number of ether oxygens (including phenoxy) is 3. The Morgan fingerprint density at radius 2 is 1.53 bits per heavy atom. The highest BCUT2D eigenvalue weighted by molar-refractivity contribution is 4.94. The lowest BCUT2D eigenvalue weighted by Crippen LogP contribution is -2.55. The van der Waals surface area contributed by atoms with Crippen molar-refractivity contribution in [2.24, 2.45) is 17.8 Å². The maximum Gasteiger partial charge on any atom is 0.160 e. The van der Waals surface area contributed by atoms with E-state index in [-0.39, 0.29) is 18.1 Å². The minimum atomic E-state index is -1.56. The molecule has 0 aliphatic carbocycles. The molecule has 8 unspecified atom stereocenters. The van der Waals surface area contributed by atoms with Crippen LogP contribution in [0.5, 0.6) is 0 Å². The van der Waals surface area contributed by atoms with Crippen molar-refractivity contribution >= 4 is 0 Å². The van der Waals surface area contributed by atoms with Gasteiger partial charge < -0.3 is 44.6 Å². The Morgan fingerprint density at radius 3 is 2.00 bits per heavy atom. The second-order valence-electron chi connectivity index (χ2n) is 12.8. The van der Waals surface area contributed by atoms with E-state index in [1.165, 1.54) is 6.92 Å². The number of aliphatic hydroxyl groups is 5. The van der Waals surface area contributed by atoms with E-state index in [0.29, 0.717) is 25.7 Å². The lowest BCUT2D eigenvalue weighted by atomic mass is 9.78. The fourth-order valence-corrected chi connectivity index (χ4v) is 5.92. The van der Waals surface area contributed by atoms with Gasteiger partial charge in [0.1, 0.15) is 5.60 Å². The van der Waals surface area contributed by atoms with Crippen LogP contribution in [0, 0.1) is 17.8 Å². The molecule has 1 rings (SSSR count). The monoisotopic (exact) mass is 549 g/mol. The van der Waals surface area contributed by atoms with E-state index in [4.69, 9.17) is 14.2 Å². The zero-order valence-corrected chi connectivity index (χ0v) is 25.8. The molecule has 38 heavy (non-hydrogen) atoms. The SMILES string of the molecule is CCC(O)C(C)(O)C(CC)OC(O)C(C)[C@H](O)C(C)C(O[C@H]1C[C@@H](N(C)C)CC(C)O1)[C@@](C)(O)CC(C)C. The molecule has 9 heteroatoms. The molecule has 0 aromatic heterocycles. The molecule has 0 amide bonds. The van der Waals surface area contributed by atoms with Gasteiger partial charge in [0, 0.05) is 24.3 Å². The molecule has 1 heterocycles. The molecular formula is C29H59NO8. The second kappa shape index (κ2) is 15.0. The van der Waals surface area contributed by atoms with E-state index in [1.54, 1.807) is 34.6 Å². The third-order valence-electron chi connectivity index (χ3n) is 8.31. The van der Waals surface area contributed by atoms with Crippen molar-refractivity contribution in [1.82, 2.24) is 4.90 Å². The standard InChI is InChI=1S/C29H59NO8/c1-12-22(31)29(9,35)23(13-2)37-27(33)20(7)25(32)19(6)26(28(8,34)16-17(3)4)38-24-15-21(30(10)11)14-18(5)36-24/h17-27,31-35H,12-16H2,1-11H3/t18?,19?,20?,21-,22?,23?,24-,25+,26?,27?,28-,29?/m0/s1. The Morgan fingerprint density at radius 1 is 0.947 bits per heavy atom. The van der Waals surface area contributed by atoms with E-state index in [9.17, 15) is 25.5 Å². The van der Waals surface area contributed by atoms with Crippen LogP contribution in [0.25, 0.3) is 0 Å². The highest BCUT2D eigenvalue weighted by Crippen LogP contribution is 2.36. The van der Waals surface area contributed by atoms with E-state index in [0.717, 1.165) is 6.42 Å². The average molecular weight is 550 g/mol. The van der Waals surface area contributed by atoms with Gasteiger partial charge in [0.2, 0.25) is 0 Å².